The Hall–Kier alpha value is -3.15. The van der Waals surface area contributed by atoms with Gasteiger partial charge in [-0.3, -0.25) is 14.4 Å². The molecule has 0 fully saturated rings. The molecule has 0 saturated heterocycles. The first-order valence-corrected chi connectivity index (χ1v) is 10.1. The van der Waals surface area contributed by atoms with Crippen LogP contribution in [0.2, 0.25) is 0 Å². The number of carbonyl (C=O) groups is 3. The molecule has 0 spiro atoms. The summed E-state index contributed by atoms with van der Waals surface area (Å²) in [4.78, 5) is 36.9. The number of methoxy groups -OCH3 is 2. The van der Waals surface area contributed by atoms with Crippen LogP contribution in [0.5, 0.6) is 11.5 Å². The molecule has 0 aliphatic heterocycles. The highest BCUT2D eigenvalue weighted by molar-refractivity contribution is 6.01. The van der Waals surface area contributed by atoms with Gasteiger partial charge in [0, 0.05) is 12.0 Å². The first-order chi connectivity index (χ1) is 14.5. The van der Waals surface area contributed by atoms with Crippen molar-refractivity contribution in [3.8, 4) is 11.5 Å². The summed E-state index contributed by atoms with van der Waals surface area (Å²) in [5, 5.41) is 0. The molecule has 6 nitrogen and oxygen atoms in total. The number of hydrogen-bond acceptors (Lipinski definition) is 6. The number of fused-ring (bicyclic) bond motifs is 1. The van der Waals surface area contributed by atoms with Gasteiger partial charge < -0.3 is 14.2 Å². The number of aryl methyl sites for hydroxylation is 2. The molecule has 0 heterocycles. The average molecular weight is 410 g/mol. The molecular formula is C24H26O6. The smallest absolute Gasteiger partial charge is 0.306 e. The van der Waals surface area contributed by atoms with Gasteiger partial charge in [-0.05, 0) is 61.1 Å². The van der Waals surface area contributed by atoms with Gasteiger partial charge in [0.15, 0.2) is 12.4 Å². The Bertz CT molecular complexity index is 947. The first-order valence-electron chi connectivity index (χ1n) is 10.1. The minimum Gasteiger partial charge on any atom is -0.497 e. The van der Waals surface area contributed by atoms with E-state index in [0.29, 0.717) is 17.1 Å². The van der Waals surface area contributed by atoms with Crippen LogP contribution in [0.3, 0.4) is 0 Å². The molecule has 1 aliphatic rings. The van der Waals surface area contributed by atoms with Gasteiger partial charge in [0.1, 0.15) is 11.5 Å². The van der Waals surface area contributed by atoms with Crippen LogP contribution in [0.15, 0.2) is 36.4 Å². The standard InChI is InChI=1S/C24H26O6/c1-28-19-9-11-23(29-2)20(14-19)22(26)15-30-24(27)12-10-21(25)18-8-7-16-5-3-4-6-17(16)13-18/h7-9,11,13-14H,3-6,10,12,15H2,1-2H3. The third-order valence-electron chi connectivity index (χ3n) is 5.30. The third-order valence-corrected chi connectivity index (χ3v) is 5.30. The molecule has 6 heteroatoms. The van der Waals surface area contributed by atoms with E-state index in [4.69, 9.17) is 14.2 Å². The molecule has 0 amide bonds. The Morgan fingerprint density at radius 3 is 2.33 bits per heavy atom. The summed E-state index contributed by atoms with van der Waals surface area (Å²) in [5.74, 6) is -0.210. The van der Waals surface area contributed by atoms with Crippen molar-refractivity contribution in [3.05, 3.63) is 58.7 Å². The summed E-state index contributed by atoms with van der Waals surface area (Å²) in [6.07, 6.45) is 4.36. The number of ether oxygens (including phenoxy) is 3. The van der Waals surface area contributed by atoms with Crippen molar-refractivity contribution >= 4 is 17.5 Å². The van der Waals surface area contributed by atoms with Gasteiger partial charge in [-0.1, -0.05) is 12.1 Å². The normalized spacial score (nSPS) is 12.6. The van der Waals surface area contributed by atoms with Crippen LogP contribution < -0.4 is 9.47 Å². The van der Waals surface area contributed by atoms with Crippen molar-refractivity contribution in [3.63, 3.8) is 0 Å². The van der Waals surface area contributed by atoms with E-state index in [1.807, 2.05) is 18.2 Å². The number of rotatable bonds is 9. The van der Waals surface area contributed by atoms with Crippen molar-refractivity contribution in [1.82, 2.24) is 0 Å². The molecule has 30 heavy (non-hydrogen) atoms. The molecule has 0 radical (unpaired) electrons. The molecule has 0 bridgehead atoms. The lowest BCUT2D eigenvalue weighted by atomic mass is 9.89. The molecule has 2 aromatic rings. The number of Topliss-reactive ketones (excluding diaryl/α,β-unsaturated/α-hetero) is 2. The molecule has 1 aliphatic carbocycles. The van der Waals surface area contributed by atoms with E-state index >= 15 is 0 Å². The van der Waals surface area contributed by atoms with E-state index in [1.165, 1.54) is 37.8 Å². The molecule has 158 valence electrons. The van der Waals surface area contributed by atoms with Crippen LogP contribution in [0.1, 0.15) is 57.5 Å². The average Bonchev–Trinajstić information content (AvgIpc) is 2.80. The van der Waals surface area contributed by atoms with Crippen LogP contribution in [-0.4, -0.2) is 38.4 Å². The maximum absolute atomic E-state index is 12.4. The zero-order valence-corrected chi connectivity index (χ0v) is 17.4. The quantitative estimate of drug-likeness (QED) is 0.460. The van der Waals surface area contributed by atoms with Crippen molar-refractivity contribution in [1.29, 1.82) is 0 Å². The highest BCUT2D eigenvalue weighted by Gasteiger charge is 2.18. The topological polar surface area (TPSA) is 78.9 Å². The van der Waals surface area contributed by atoms with E-state index in [-0.39, 0.29) is 24.2 Å². The number of ketones is 2. The second kappa shape index (κ2) is 10.1. The predicted molar refractivity (Wildman–Crippen MR) is 111 cm³/mol. The van der Waals surface area contributed by atoms with Gasteiger partial charge in [0.05, 0.1) is 26.2 Å². The van der Waals surface area contributed by atoms with Crippen molar-refractivity contribution in [2.45, 2.75) is 38.5 Å². The van der Waals surface area contributed by atoms with Crippen LogP contribution in [0.4, 0.5) is 0 Å². The maximum Gasteiger partial charge on any atom is 0.306 e. The SMILES string of the molecule is COc1ccc(OC)c(C(=O)COC(=O)CCC(=O)c2ccc3c(c2)CCCC3)c1. The van der Waals surface area contributed by atoms with Gasteiger partial charge >= 0.3 is 5.97 Å². The molecule has 0 aromatic heterocycles. The van der Waals surface area contributed by atoms with Gasteiger partial charge in [-0.25, -0.2) is 0 Å². The summed E-state index contributed by atoms with van der Waals surface area (Å²) >= 11 is 0. The van der Waals surface area contributed by atoms with Gasteiger partial charge in [-0.2, -0.15) is 0 Å². The van der Waals surface area contributed by atoms with E-state index in [2.05, 4.69) is 0 Å². The Morgan fingerprint density at radius 2 is 1.60 bits per heavy atom. The van der Waals surface area contributed by atoms with E-state index in [0.717, 1.165) is 19.3 Å². The van der Waals surface area contributed by atoms with E-state index < -0.39 is 18.4 Å². The fourth-order valence-corrected chi connectivity index (χ4v) is 3.59. The first kappa shape index (κ1) is 21.6. The predicted octanol–water partition coefficient (Wildman–Crippen LogP) is 3.97. The zero-order valence-electron chi connectivity index (χ0n) is 17.4. The highest BCUT2D eigenvalue weighted by Crippen LogP contribution is 2.25. The molecule has 0 N–H and O–H groups in total. The van der Waals surface area contributed by atoms with Gasteiger partial charge in [-0.15, -0.1) is 0 Å². The zero-order chi connectivity index (χ0) is 21.5. The lowest BCUT2D eigenvalue weighted by Gasteiger charge is -2.16. The number of benzene rings is 2. The van der Waals surface area contributed by atoms with Crippen LogP contribution in [0, 0.1) is 0 Å². The molecule has 0 atom stereocenters. The van der Waals surface area contributed by atoms with Crippen LogP contribution in [-0.2, 0) is 22.4 Å². The fourth-order valence-electron chi connectivity index (χ4n) is 3.59. The summed E-state index contributed by atoms with van der Waals surface area (Å²) < 4.78 is 15.4. The fraction of sp³-hybridized carbons (Fsp3) is 0.375. The monoisotopic (exact) mass is 410 g/mol. The summed E-state index contributed by atoms with van der Waals surface area (Å²) in [6.45, 7) is -0.421. The Balaban J connectivity index is 1.51. The summed E-state index contributed by atoms with van der Waals surface area (Å²) in [5.41, 5.74) is 3.44. The molecule has 0 unspecified atom stereocenters. The largest absolute Gasteiger partial charge is 0.497 e. The summed E-state index contributed by atoms with van der Waals surface area (Å²) in [6, 6.07) is 10.6. The maximum atomic E-state index is 12.4. The van der Waals surface area contributed by atoms with Crippen molar-refractivity contribution in [2.24, 2.45) is 0 Å². The number of hydrogen-bond donors (Lipinski definition) is 0. The highest BCUT2D eigenvalue weighted by atomic mass is 16.5. The molecule has 2 aromatic carbocycles. The lowest BCUT2D eigenvalue weighted by Crippen LogP contribution is -2.16. The molecule has 3 rings (SSSR count). The lowest BCUT2D eigenvalue weighted by molar-refractivity contribution is -0.142. The van der Waals surface area contributed by atoms with Crippen LogP contribution in [0.25, 0.3) is 0 Å². The number of carbonyl (C=O) groups excluding carboxylic acids is 3. The van der Waals surface area contributed by atoms with Gasteiger partial charge in [0.25, 0.3) is 0 Å². The van der Waals surface area contributed by atoms with Crippen LogP contribution >= 0.6 is 0 Å². The van der Waals surface area contributed by atoms with Crippen molar-refractivity contribution < 1.29 is 28.6 Å². The Morgan fingerprint density at radius 1 is 0.833 bits per heavy atom. The molecule has 0 saturated carbocycles. The Kier molecular flexibility index (Phi) is 7.22. The minimum absolute atomic E-state index is 0.0499. The van der Waals surface area contributed by atoms with E-state index in [1.54, 1.807) is 12.1 Å². The minimum atomic E-state index is -0.587. The van der Waals surface area contributed by atoms with E-state index in [9.17, 15) is 14.4 Å². The molecular weight excluding hydrogens is 384 g/mol. The van der Waals surface area contributed by atoms with Crippen molar-refractivity contribution in [2.75, 3.05) is 20.8 Å². The second-order valence-corrected chi connectivity index (χ2v) is 7.26. The number of esters is 1. The summed E-state index contributed by atoms with van der Waals surface area (Å²) in [7, 11) is 2.95. The van der Waals surface area contributed by atoms with Gasteiger partial charge in [0.2, 0.25) is 5.78 Å². The Labute approximate surface area is 176 Å². The second-order valence-electron chi connectivity index (χ2n) is 7.26. The third kappa shape index (κ3) is 5.26.